The number of hydrogen-bond donors (Lipinski definition) is 3. The Kier molecular flexibility index (Phi) is 50.6. The van der Waals surface area contributed by atoms with E-state index in [-0.39, 0.29) is 74.0 Å². The van der Waals surface area contributed by atoms with E-state index < -0.39 is 20.7 Å². The molecule has 6 heterocycles. The number of ether oxygens (including phenoxy) is 4. The number of aromatic nitrogens is 6. The first-order valence-corrected chi connectivity index (χ1v) is 47.0. The number of aldehydes is 1. The molecule has 138 heavy (non-hydrogen) atoms. The van der Waals surface area contributed by atoms with Crippen LogP contribution in [0.1, 0.15) is 122 Å². The Labute approximate surface area is 846 Å². The fourth-order valence-corrected chi connectivity index (χ4v) is 16.3. The van der Waals surface area contributed by atoms with E-state index in [1.807, 2.05) is 136 Å². The third-order valence-corrected chi connectivity index (χ3v) is 24.0. The van der Waals surface area contributed by atoms with Gasteiger partial charge in [-0.15, -0.1) is 0 Å². The first-order chi connectivity index (χ1) is 65.1. The van der Waals surface area contributed by atoms with Crippen LogP contribution in [0.4, 0.5) is 5.69 Å². The molecule has 704 valence electrons. The maximum absolute atomic E-state index is 11.6. The van der Waals surface area contributed by atoms with Crippen LogP contribution in [0, 0.1) is 29.2 Å². The Morgan fingerprint density at radius 2 is 0.833 bits per heavy atom. The van der Waals surface area contributed by atoms with Crippen LogP contribution < -0.4 is 24.3 Å². The quantitative estimate of drug-likeness (QED) is 0.00910. The number of carboxylic acids is 1. The number of methoxy groups -OCH3 is 1. The number of esters is 4. The summed E-state index contributed by atoms with van der Waals surface area (Å²) >= 11 is 13.7. The van der Waals surface area contributed by atoms with Gasteiger partial charge in [0.1, 0.15) is 18.2 Å². The van der Waals surface area contributed by atoms with Gasteiger partial charge in [-0.1, -0.05) is 135 Å². The van der Waals surface area contributed by atoms with E-state index in [2.05, 4.69) is 127 Å². The van der Waals surface area contributed by atoms with Crippen molar-refractivity contribution in [3.05, 3.63) is 336 Å². The Morgan fingerprint density at radius 1 is 0.471 bits per heavy atom. The van der Waals surface area contributed by atoms with Gasteiger partial charge in [0.25, 0.3) is 0 Å². The van der Waals surface area contributed by atoms with E-state index in [4.69, 9.17) is 55.5 Å². The van der Waals surface area contributed by atoms with E-state index >= 15 is 0 Å². The molecule has 0 aliphatic rings. The van der Waals surface area contributed by atoms with Crippen molar-refractivity contribution >= 4 is 202 Å². The molecule has 0 spiro atoms. The third kappa shape index (κ3) is 36.8. The zero-order valence-electron chi connectivity index (χ0n) is 76.0. The average molecular weight is 2130 g/mol. The van der Waals surface area contributed by atoms with Gasteiger partial charge in [-0.05, 0) is 256 Å². The molecule has 0 aliphatic carbocycles. The van der Waals surface area contributed by atoms with E-state index in [0.29, 0.717) is 98.5 Å². The summed E-state index contributed by atoms with van der Waals surface area (Å²) < 4.78 is 44.4. The number of ketones is 1. The zero-order chi connectivity index (χ0) is 97.8. The first-order valence-electron chi connectivity index (χ1n) is 42.1. The molecule has 15 rings (SSSR count). The van der Waals surface area contributed by atoms with Crippen molar-refractivity contribution in [2.24, 2.45) is 0 Å². The van der Waals surface area contributed by atoms with Crippen LogP contribution in [0.5, 0.6) is 0 Å². The number of nitriles is 2. The summed E-state index contributed by atoms with van der Waals surface area (Å²) in [7, 11) is -3.21. The van der Waals surface area contributed by atoms with Gasteiger partial charge in [-0.2, -0.15) is 10.5 Å². The number of Topliss-reactive ketones (excluding diaryl/α,β-unsaturated/α-hetero) is 1. The van der Waals surface area contributed by atoms with E-state index in [9.17, 15) is 38.1 Å². The summed E-state index contributed by atoms with van der Waals surface area (Å²) in [6.07, 6.45) is 28.0. The average Bonchev–Trinajstić information content (AvgIpc) is 0.791. The number of aryl methyl sites for hydroxylation is 3. The number of carbonyl (C=O) groups excluding carboxylic acids is 6. The summed E-state index contributed by atoms with van der Waals surface area (Å²) in [5.74, 6) is -1.96. The van der Waals surface area contributed by atoms with Gasteiger partial charge in [0.05, 0.1) is 75.5 Å². The van der Waals surface area contributed by atoms with Crippen LogP contribution in [0.25, 0.3) is 97.8 Å². The molecule has 0 bridgehead atoms. The molecule has 0 atom stereocenters. The van der Waals surface area contributed by atoms with Crippen molar-refractivity contribution in [2.45, 2.75) is 87.5 Å². The van der Waals surface area contributed by atoms with Crippen molar-refractivity contribution in [1.29, 1.82) is 10.5 Å². The number of fused-ring (bicyclic) bond motifs is 6. The molecular weight excluding hydrogens is 2030 g/mol. The van der Waals surface area contributed by atoms with Gasteiger partial charge >= 0.3 is 63.4 Å². The summed E-state index contributed by atoms with van der Waals surface area (Å²) in [6.45, 7) is 18.7. The Bertz CT molecular complexity index is 6870. The second-order valence-electron chi connectivity index (χ2n) is 28.9. The fourth-order valence-electron chi connectivity index (χ4n) is 12.9. The van der Waals surface area contributed by atoms with Gasteiger partial charge in [0.2, 0.25) is 0 Å². The maximum Gasteiger partial charge on any atom is 1.00 e. The molecule has 0 saturated heterocycles. The Balaban J connectivity index is 0.000000281. The number of rotatable bonds is 25. The van der Waals surface area contributed by atoms with Crippen LogP contribution in [-0.4, -0.2) is 146 Å². The molecule has 6 aromatic heterocycles. The standard InChI is InChI=1S/C21H18N2O2.C19H14N2O2.C14H14BrNO2.C14H12BrNO2.C11H8BrNO2.C10H6BrNO.C7H6BNO2.C7H15O4P.CH4.Li.H2O/c1-2-25-21(24)10-6-15-3-9-18-13-23-14-20(19(18)11-15)17-7-4-16(12-22)5-8-17;20-10-14-2-5-15(6-3-14)18-12-21-11-16-7-1-13(9-17(16)18)4-8-19(22)23;2*1-2-18-14(17)6-4-10-3-5-11-8-16-9-13(15)12(11)7-10;1-15-11(14)7-2-3-8-5-13-6-10(12)9(8)4-7;11-10-5-12-4-8-2-1-7(6-13)3-9(8)10;1-9-7-4-2-6(3-5-7)8(10)11;1-4-10-12(9,11-5-2)6-7(3)8;;;/h3-5,7-9,11,13-14H,2,6,10H2,1H3;1-3,5-7,9,11-12H,4,8H2,(H,22,23);3,5,7-9H,2,4,6H2,1H3;3-9H,2H2,1H3;2-6H,1H3;1-6H;2-5,10-11H;4-6H2,1-3H3;1H4;;1H2/q;;;;;;;;;+1;/p-1/b;;;6-4+;;;;;;;. The molecule has 4 N–H and O–H groups in total. The van der Waals surface area contributed by atoms with E-state index in [0.717, 1.165) is 133 Å². The zero-order valence-corrected chi connectivity index (χ0v) is 83.3. The molecule has 0 radical (unpaired) electrons. The smallest absolute Gasteiger partial charge is 0.870 e. The predicted molar refractivity (Wildman–Crippen MR) is 547 cm³/mol. The van der Waals surface area contributed by atoms with Gasteiger partial charge in [-0.3, -0.25) is 58.4 Å². The second-order valence-corrected chi connectivity index (χ2v) is 34.4. The molecule has 0 fully saturated rings. The summed E-state index contributed by atoms with van der Waals surface area (Å²) in [6, 6.07) is 60.1. The van der Waals surface area contributed by atoms with Gasteiger partial charge < -0.3 is 48.6 Å². The maximum atomic E-state index is 11.6. The van der Waals surface area contributed by atoms with Crippen LogP contribution in [0.2, 0.25) is 0 Å². The van der Waals surface area contributed by atoms with Crippen molar-refractivity contribution < 1.29 is 106 Å². The largest absolute Gasteiger partial charge is 1.00 e. The minimum atomic E-state index is -3.12. The summed E-state index contributed by atoms with van der Waals surface area (Å²) in [5.41, 5.74) is 11.5. The van der Waals surface area contributed by atoms with Crippen molar-refractivity contribution in [2.75, 3.05) is 46.3 Å². The molecule has 9 aromatic carbocycles. The molecule has 15 aromatic rings. The molecule has 0 amide bonds. The van der Waals surface area contributed by atoms with Gasteiger partial charge in [0.15, 0.2) is 5.69 Å². The number of halogens is 4. The molecule has 0 aliphatic heterocycles. The Hall–Kier alpha value is -13.0. The normalized spacial score (nSPS) is 10.2. The van der Waals surface area contributed by atoms with Crippen LogP contribution >= 0.6 is 71.3 Å². The SMILES string of the molecule is C.CCOC(=O)/C=C/c1ccc2cncc(Br)c2c1.CCOC(=O)CCc1ccc2cncc(-c3ccc(C#N)cc3)c2c1.CCOC(=O)CCc1ccc2cncc(Br)c2c1.CCOP(=O)(CC(C)=O)OCC.COC(=O)c1ccc2cncc(Br)c2c1.N#Cc1ccc(-c2cncc3ccc(CCC(=O)O)cc23)cc1.O=Cc1ccc2cncc(Br)c2c1.[C-]#[N+]c1ccc(B(O)O)cc1.[Li+].[OH-]. The topological polar surface area (TPSA) is 412 Å². The van der Waals surface area contributed by atoms with E-state index in [1.54, 1.807) is 137 Å². The monoisotopic (exact) mass is 2130 g/mol. The molecule has 0 saturated carbocycles. The number of aliphatic carboxylic acids is 1. The molecule has 34 heteroatoms. The molecular formula is C104H98BBr4LiN9O18P. The van der Waals surface area contributed by atoms with Crippen LogP contribution in [0.3, 0.4) is 0 Å². The number of carboxylic acid groups (broad SMARTS) is 1. The van der Waals surface area contributed by atoms with Gasteiger partial charge in [-0.25, -0.2) is 14.4 Å². The summed E-state index contributed by atoms with van der Waals surface area (Å²) in [5, 5.41) is 56.5. The number of carbonyl (C=O) groups is 7. The van der Waals surface area contributed by atoms with Crippen molar-refractivity contribution in [3.63, 3.8) is 0 Å². The van der Waals surface area contributed by atoms with Crippen molar-refractivity contribution in [3.8, 4) is 34.4 Å². The number of benzene rings is 9. The fraction of sp³-hybridized carbons (Fsp3) is 0.192. The van der Waals surface area contributed by atoms with Gasteiger partial charge in [0, 0.05) is 167 Å². The van der Waals surface area contributed by atoms with Crippen LogP contribution in [-0.2, 0) is 75.8 Å². The van der Waals surface area contributed by atoms with Crippen LogP contribution in [0.15, 0.2) is 280 Å². The van der Waals surface area contributed by atoms with Crippen molar-refractivity contribution in [1.82, 2.24) is 29.9 Å². The first kappa shape index (κ1) is 115. The number of nitrogens with zero attached hydrogens (tertiary/aromatic N) is 9. The second kappa shape index (κ2) is 60.5. The molecule has 27 nitrogen and oxygen atoms in total. The minimum absolute atomic E-state index is 0. The molecule has 0 unspecified atom stereocenters. The third-order valence-electron chi connectivity index (χ3n) is 19.4. The predicted octanol–water partition coefficient (Wildman–Crippen LogP) is 19.9. The Morgan fingerprint density at radius 3 is 1.20 bits per heavy atom. The number of hydrogen-bond acceptors (Lipinski definition) is 25. The summed E-state index contributed by atoms with van der Waals surface area (Å²) in [4.78, 5) is 105. The number of pyridine rings is 6. The minimum Gasteiger partial charge on any atom is -0.870 e. The van der Waals surface area contributed by atoms with E-state index in [1.165, 1.54) is 32.2 Å².